The Labute approximate surface area is 390 Å². The highest BCUT2D eigenvalue weighted by atomic mass is 32.2. The van der Waals surface area contributed by atoms with Crippen LogP contribution in [0.1, 0.15) is 110 Å². The number of nitrogens with zero attached hydrogens (tertiary/aromatic N) is 3. The maximum atomic E-state index is 14.3. The summed E-state index contributed by atoms with van der Waals surface area (Å²) >= 11 is 0. The Bertz CT molecular complexity index is 2270. The lowest BCUT2D eigenvalue weighted by Crippen LogP contribution is -2.70. The number of alkyl carbamates (subject to hydrolysis) is 1. The Balaban J connectivity index is 0.885. The quantitative estimate of drug-likeness (QED) is 0.0929. The van der Waals surface area contributed by atoms with E-state index in [1.165, 1.54) is 4.90 Å². The largest absolute Gasteiger partial charge is 0.492 e. The summed E-state index contributed by atoms with van der Waals surface area (Å²) < 4.78 is 39.5. The fourth-order valence-corrected chi connectivity index (χ4v) is 11.1. The summed E-state index contributed by atoms with van der Waals surface area (Å²) in [6.07, 6.45) is 8.92. The van der Waals surface area contributed by atoms with Crippen molar-refractivity contribution in [3.63, 3.8) is 0 Å². The van der Waals surface area contributed by atoms with E-state index >= 15 is 0 Å². The molecule has 5 aliphatic rings. The number of aromatic nitrogens is 1. The van der Waals surface area contributed by atoms with Crippen LogP contribution >= 0.6 is 0 Å². The van der Waals surface area contributed by atoms with Gasteiger partial charge in [0.15, 0.2) is 0 Å². The molecule has 364 valence electrons. The van der Waals surface area contributed by atoms with Gasteiger partial charge in [-0.2, -0.15) is 0 Å². The number of amides is 4. The first-order valence-corrected chi connectivity index (χ1v) is 25.9. The number of carbonyl (C=O) groups is 4. The third kappa shape index (κ3) is 11.1. The minimum absolute atomic E-state index is 0.00775. The topological polar surface area (TPSA) is 200 Å². The monoisotopic (exact) mass is 936 g/mol. The van der Waals surface area contributed by atoms with Crippen LogP contribution in [0.2, 0.25) is 0 Å². The summed E-state index contributed by atoms with van der Waals surface area (Å²) in [6, 6.07) is 5.91. The van der Waals surface area contributed by atoms with Crippen LogP contribution in [0.15, 0.2) is 41.7 Å². The van der Waals surface area contributed by atoms with E-state index in [-0.39, 0.29) is 42.4 Å². The average Bonchev–Trinajstić information content (AvgIpc) is 4.16. The van der Waals surface area contributed by atoms with Crippen molar-refractivity contribution < 1.29 is 37.1 Å². The van der Waals surface area contributed by atoms with E-state index in [1.54, 1.807) is 13.0 Å². The normalized spacial score (nSPS) is 25.9. The van der Waals surface area contributed by atoms with Gasteiger partial charge < -0.3 is 39.8 Å². The van der Waals surface area contributed by atoms with Crippen LogP contribution in [0.25, 0.3) is 10.9 Å². The molecule has 0 radical (unpaired) electrons. The Kier molecular flexibility index (Phi) is 15.6. The maximum Gasteiger partial charge on any atom is 0.408 e. The molecule has 7 rings (SSSR count). The number of fused-ring (bicyclic) bond motifs is 1. The van der Waals surface area contributed by atoms with Gasteiger partial charge in [-0.15, -0.1) is 6.58 Å². The van der Waals surface area contributed by atoms with Crippen LogP contribution in [0.5, 0.6) is 5.75 Å². The van der Waals surface area contributed by atoms with Gasteiger partial charge in [0.05, 0.1) is 22.4 Å². The Hall–Kier alpha value is -4.48. The van der Waals surface area contributed by atoms with Gasteiger partial charge in [0.1, 0.15) is 29.5 Å². The number of H-pyrrole nitrogens is 1. The number of ether oxygens (including phenoxy) is 2. The predicted molar refractivity (Wildman–Crippen MR) is 253 cm³/mol. The highest BCUT2D eigenvalue weighted by molar-refractivity contribution is 7.91. The summed E-state index contributed by atoms with van der Waals surface area (Å²) in [5.74, 6) is -1.61. The van der Waals surface area contributed by atoms with Crippen LogP contribution in [-0.4, -0.2) is 133 Å². The van der Waals surface area contributed by atoms with Crippen LogP contribution in [0, 0.1) is 23.7 Å². The minimum Gasteiger partial charge on any atom is -0.492 e. The van der Waals surface area contributed by atoms with Crippen molar-refractivity contribution in [3.8, 4) is 5.75 Å². The SMILES string of the molecule is C=CC1CCC1(NC(=O)C1CCCN1C(=O)C(NC(=O)OC1CC1CCCCCc1c(OCCCN2CCN(C)CC2)c2ccccc2[nH]c1=O)C(C)C(C)C)C(=O)NS(=O)(=O)C1(C)CC1. The van der Waals surface area contributed by atoms with E-state index in [2.05, 4.69) is 43.8 Å². The van der Waals surface area contributed by atoms with Gasteiger partial charge in [-0.25, -0.2) is 13.2 Å². The van der Waals surface area contributed by atoms with Gasteiger partial charge in [-0.1, -0.05) is 51.8 Å². The molecule has 3 heterocycles. The number of nitrogens with one attached hydrogen (secondary N) is 4. The molecule has 66 heavy (non-hydrogen) atoms. The molecular formula is C49H73N7O9S. The molecule has 0 bridgehead atoms. The molecule has 3 aliphatic carbocycles. The zero-order chi connectivity index (χ0) is 47.4. The highest BCUT2D eigenvalue weighted by Gasteiger charge is 2.58. The molecule has 4 amide bonds. The number of piperazine rings is 1. The molecular weight excluding hydrogens is 863 g/mol. The van der Waals surface area contributed by atoms with E-state index in [0.29, 0.717) is 56.4 Å². The lowest BCUT2D eigenvalue weighted by Gasteiger charge is -2.47. The minimum atomic E-state index is -3.95. The third-order valence-corrected chi connectivity index (χ3v) is 17.5. The summed E-state index contributed by atoms with van der Waals surface area (Å²) in [4.78, 5) is 78.1. The number of benzene rings is 1. The van der Waals surface area contributed by atoms with E-state index in [9.17, 15) is 32.4 Å². The fraction of sp³-hybridized carbons (Fsp3) is 0.694. The van der Waals surface area contributed by atoms with Gasteiger partial charge in [-0.3, -0.25) is 23.9 Å². The number of para-hydroxylation sites is 1. The number of sulfonamides is 1. The van der Waals surface area contributed by atoms with Crippen molar-refractivity contribution >= 4 is 44.7 Å². The highest BCUT2D eigenvalue weighted by Crippen LogP contribution is 2.45. The summed E-state index contributed by atoms with van der Waals surface area (Å²) in [5.41, 5.74) is -0.164. The predicted octanol–water partition coefficient (Wildman–Crippen LogP) is 4.86. The Morgan fingerprint density at radius 2 is 1.73 bits per heavy atom. The zero-order valence-electron chi connectivity index (χ0n) is 39.7. The van der Waals surface area contributed by atoms with E-state index < -0.39 is 62.1 Å². The van der Waals surface area contributed by atoms with Crippen molar-refractivity contribution in [2.24, 2.45) is 23.7 Å². The summed E-state index contributed by atoms with van der Waals surface area (Å²) in [6.45, 7) is 17.3. The summed E-state index contributed by atoms with van der Waals surface area (Å²) in [5, 5.41) is 6.64. The molecule has 4 N–H and O–H groups in total. The van der Waals surface area contributed by atoms with Crippen LogP contribution < -0.4 is 25.7 Å². The fourth-order valence-electron chi connectivity index (χ4n) is 9.81. The standard InChI is InChI=1S/C49H73N7O9S/c1-7-35-20-21-49(35,46(60)53-66(62,63)48(5)22-23-48)52-44(58)39-19-13-25-56(39)45(59)41(33(4)32(2)3)51-47(61)65-40-31-34(40)15-9-8-10-17-37-42(36-16-11-12-18-38(36)50-43(37)57)64-30-14-24-55-28-26-54(6)27-29-55/h7,11-12,16,18,32-35,39-41H,1,8-10,13-15,17,19-31H2,2-6H3,(H,50,57)(H,51,61)(H,52,58)(H,53,60). The first-order valence-electron chi connectivity index (χ1n) is 24.4. The van der Waals surface area contributed by atoms with E-state index in [4.69, 9.17) is 9.47 Å². The van der Waals surface area contributed by atoms with Gasteiger partial charge in [0, 0.05) is 50.6 Å². The van der Waals surface area contributed by atoms with Crippen LogP contribution in [0.4, 0.5) is 4.79 Å². The lowest BCUT2D eigenvalue weighted by molar-refractivity contribution is -0.145. The molecule has 7 unspecified atom stereocenters. The number of aromatic amines is 1. The van der Waals surface area contributed by atoms with Crippen molar-refractivity contribution in [1.82, 2.24) is 35.0 Å². The molecule has 5 fully saturated rings. The average molecular weight is 936 g/mol. The van der Waals surface area contributed by atoms with Gasteiger partial charge in [0.25, 0.3) is 11.5 Å². The smallest absolute Gasteiger partial charge is 0.408 e. The summed E-state index contributed by atoms with van der Waals surface area (Å²) in [7, 11) is -1.80. The molecule has 16 nitrogen and oxygen atoms in total. The molecule has 17 heteroatoms. The first kappa shape index (κ1) is 49.4. The molecule has 7 atom stereocenters. The van der Waals surface area contributed by atoms with Crippen molar-refractivity contribution in [2.75, 3.05) is 52.9 Å². The second kappa shape index (κ2) is 20.8. The van der Waals surface area contributed by atoms with Crippen molar-refractivity contribution in [1.29, 1.82) is 0 Å². The van der Waals surface area contributed by atoms with Gasteiger partial charge in [-0.05, 0) is 114 Å². The molecule has 1 aromatic carbocycles. The van der Waals surface area contributed by atoms with Crippen LogP contribution in [0.3, 0.4) is 0 Å². The Morgan fingerprint density at radius 1 is 0.985 bits per heavy atom. The zero-order valence-corrected chi connectivity index (χ0v) is 40.5. The number of likely N-dealkylation sites (N-methyl/N-ethyl adjacent to an activating group) is 1. The van der Waals surface area contributed by atoms with Gasteiger partial charge >= 0.3 is 6.09 Å². The maximum absolute atomic E-state index is 14.3. The number of unbranched alkanes of at least 4 members (excludes halogenated alkanes) is 2. The number of pyridine rings is 1. The van der Waals surface area contributed by atoms with Crippen molar-refractivity contribution in [3.05, 3.63) is 52.8 Å². The number of likely N-dealkylation sites (tertiary alicyclic amines) is 1. The molecule has 2 aromatic rings. The van der Waals surface area contributed by atoms with Gasteiger partial charge in [0.2, 0.25) is 21.8 Å². The second-order valence-electron chi connectivity index (χ2n) is 20.3. The third-order valence-electron chi connectivity index (χ3n) is 15.4. The number of rotatable bonds is 22. The second-order valence-corrected chi connectivity index (χ2v) is 22.5. The van der Waals surface area contributed by atoms with E-state index in [0.717, 1.165) is 82.2 Å². The first-order chi connectivity index (χ1) is 31.5. The molecule has 0 spiro atoms. The number of carbonyl (C=O) groups excluding carboxylic acids is 4. The molecule has 1 aromatic heterocycles. The molecule has 3 saturated carbocycles. The van der Waals surface area contributed by atoms with E-state index in [1.807, 2.05) is 45.0 Å². The Morgan fingerprint density at radius 3 is 2.41 bits per heavy atom. The lowest BCUT2D eigenvalue weighted by atomic mass is 9.66. The number of hydrogen-bond donors (Lipinski definition) is 4. The van der Waals surface area contributed by atoms with Crippen LogP contribution in [-0.2, 0) is 35.6 Å². The molecule has 2 saturated heterocycles. The number of hydrogen-bond acceptors (Lipinski definition) is 11. The van der Waals surface area contributed by atoms with Crippen molar-refractivity contribution in [2.45, 2.75) is 140 Å². The molecule has 2 aliphatic heterocycles.